The van der Waals surface area contributed by atoms with Gasteiger partial charge in [-0.2, -0.15) is 8.42 Å². The Labute approximate surface area is 146 Å². The van der Waals surface area contributed by atoms with Crippen LogP contribution >= 0.6 is 0 Å². The van der Waals surface area contributed by atoms with E-state index in [4.69, 9.17) is 18.4 Å². The number of aliphatic hydroxyl groups excluding tert-OH is 1. The molecule has 1 fully saturated rings. The molecule has 25 heavy (non-hydrogen) atoms. The summed E-state index contributed by atoms with van der Waals surface area (Å²) in [6.07, 6.45) is -5.80. The molecule has 0 unspecified atom stereocenters. The molecule has 1 aliphatic rings. The Hall–Kier alpha value is -1.52. The number of hydrogen-bond acceptors (Lipinski definition) is 8. The van der Waals surface area contributed by atoms with Gasteiger partial charge in [0.05, 0.1) is 11.0 Å². The van der Waals surface area contributed by atoms with E-state index < -0.39 is 46.8 Å². The van der Waals surface area contributed by atoms with Crippen molar-refractivity contribution in [3.05, 3.63) is 29.8 Å². The number of aryl methyl sites for hydroxylation is 1. The van der Waals surface area contributed by atoms with Crippen LogP contribution in [0.3, 0.4) is 0 Å². The Morgan fingerprint density at radius 2 is 1.80 bits per heavy atom. The summed E-state index contributed by atoms with van der Waals surface area (Å²) in [5.41, 5.74) is 0.885. The lowest BCUT2D eigenvalue weighted by molar-refractivity contribution is -0.285. The highest BCUT2D eigenvalue weighted by Gasteiger charge is 2.49. The molecule has 0 amide bonds. The van der Waals surface area contributed by atoms with Gasteiger partial charge in [-0.25, -0.2) is 0 Å². The van der Waals surface area contributed by atoms with Crippen LogP contribution in [0.1, 0.15) is 19.4 Å². The summed E-state index contributed by atoms with van der Waals surface area (Å²) in [6.45, 7) is 4.51. The van der Waals surface area contributed by atoms with E-state index in [1.54, 1.807) is 12.1 Å². The van der Waals surface area contributed by atoms with Crippen LogP contribution in [0.5, 0.6) is 0 Å². The maximum atomic E-state index is 12.5. The minimum Gasteiger partial charge on any atom is -0.454 e. The number of rotatable bonds is 5. The molecule has 9 heteroatoms. The molecule has 2 rings (SSSR count). The van der Waals surface area contributed by atoms with Crippen LogP contribution in [0.25, 0.3) is 0 Å². The number of hydrogen-bond donors (Lipinski definition) is 1. The zero-order chi connectivity index (χ0) is 18.8. The van der Waals surface area contributed by atoms with E-state index in [2.05, 4.69) is 0 Å². The number of carbonyl (C=O) groups is 1. The third-order valence-electron chi connectivity index (χ3n) is 3.84. The minimum atomic E-state index is -4.20. The van der Waals surface area contributed by atoms with E-state index in [0.717, 1.165) is 12.5 Å². The highest BCUT2D eigenvalue weighted by Crippen LogP contribution is 2.29. The van der Waals surface area contributed by atoms with Gasteiger partial charge in [0.25, 0.3) is 10.1 Å². The fourth-order valence-corrected chi connectivity index (χ4v) is 3.60. The summed E-state index contributed by atoms with van der Waals surface area (Å²) in [4.78, 5) is 11.3. The molecule has 1 aliphatic heterocycles. The van der Waals surface area contributed by atoms with Crippen LogP contribution in [0, 0.1) is 6.92 Å². The van der Waals surface area contributed by atoms with Gasteiger partial charge in [-0.3, -0.25) is 8.98 Å². The lowest BCUT2D eigenvalue weighted by Gasteiger charge is -2.41. The Kier molecular flexibility index (Phi) is 6.17. The SMILES string of the molecule is CO[C@@H]1O[C@H](C)[C@H](O)[C@H](OS(=O)(=O)c2ccc(C)cc2)[C@@H]1OC(C)=O. The van der Waals surface area contributed by atoms with Crippen molar-refractivity contribution in [2.75, 3.05) is 7.11 Å². The Morgan fingerprint density at radius 3 is 2.32 bits per heavy atom. The van der Waals surface area contributed by atoms with Crippen LogP contribution in [-0.2, 0) is 33.3 Å². The van der Waals surface area contributed by atoms with E-state index in [1.165, 1.54) is 26.2 Å². The molecular weight excluding hydrogens is 352 g/mol. The van der Waals surface area contributed by atoms with Crippen LogP contribution in [-0.4, -0.2) is 57.3 Å². The second-order valence-corrected chi connectivity index (χ2v) is 7.41. The quantitative estimate of drug-likeness (QED) is 0.594. The molecule has 0 spiro atoms. The number of esters is 1. The van der Waals surface area contributed by atoms with Crippen molar-refractivity contribution in [3.63, 3.8) is 0 Å². The second-order valence-electron chi connectivity index (χ2n) is 5.84. The standard InChI is InChI=1S/C16H22O8S/c1-9-5-7-12(8-6-9)25(19,20)24-14-13(18)10(2)22-16(21-4)15(14)23-11(3)17/h5-8,10,13-16,18H,1-4H3/t10-,13+,14+,15+,16-/m1/s1. The van der Waals surface area contributed by atoms with Crippen molar-refractivity contribution in [1.29, 1.82) is 0 Å². The zero-order valence-corrected chi connectivity index (χ0v) is 15.2. The van der Waals surface area contributed by atoms with Crippen LogP contribution in [0.2, 0.25) is 0 Å². The first-order chi connectivity index (χ1) is 11.7. The van der Waals surface area contributed by atoms with Crippen molar-refractivity contribution in [2.24, 2.45) is 0 Å². The van der Waals surface area contributed by atoms with Crippen molar-refractivity contribution in [3.8, 4) is 0 Å². The first kappa shape index (κ1) is 19.8. The van der Waals surface area contributed by atoms with Gasteiger partial charge in [0.2, 0.25) is 0 Å². The van der Waals surface area contributed by atoms with Gasteiger partial charge >= 0.3 is 5.97 Å². The topological polar surface area (TPSA) is 108 Å². The van der Waals surface area contributed by atoms with E-state index in [1.807, 2.05) is 6.92 Å². The summed E-state index contributed by atoms with van der Waals surface area (Å²) < 4.78 is 45.9. The molecule has 1 N–H and O–H groups in total. The van der Waals surface area contributed by atoms with Crippen LogP contribution in [0.4, 0.5) is 0 Å². The molecule has 1 aromatic carbocycles. The van der Waals surface area contributed by atoms with Gasteiger partial charge in [-0.15, -0.1) is 0 Å². The summed E-state index contributed by atoms with van der Waals surface area (Å²) in [7, 11) is -2.88. The molecule has 0 bridgehead atoms. The van der Waals surface area contributed by atoms with Crippen molar-refractivity contribution in [2.45, 2.75) is 56.4 Å². The average Bonchev–Trinajstić information content (AvgIpc) is 2.54. The van der Waals surface area contributed by atoms with Gasteiger partial charge in [0.1, 0.15) is 12.2 Å². The van der Waals surface area contributed by atoms with Crippen LogP contribution in [0.15, 0.2) is 29.2 Å². The number of aliphatic hydroxyl groups is 1. The Bertz CT molecular complexity index is 699. The van der Waals surface area contributed by atoms with Gasteiger partial charge < -0.3 is 19.3 Å². The molecule has 0 aliphatic carbocycles. The van der Waals surface area contributed by atoms with E-state index in [-0.39, 0.29) is 4.90 Å². The normalized spacial score (nSPS) is 30.0. The molecule has 1 heterocycles. The number of ether oxygens (including phenoxy) is 3. The maximum Gasteiger partial charge on any atom is 0.303 e. The van der Waals surface area contributed by atoms with Crippen molar-refractivity contribution >= 4 is 16.1 Å². The zero-order valence-electron chi connectivity index (χ0n) is 14.4. The van der Waals surface area contributed by atoms with Gasteiger partial charge in [0.15, 0.2) is 12.4 Å². The van der Waals surface area contributed by atoms with Gasteiger partial charge in [0, 0.05) is 14.0 Å². The summed E-state index contributed by atoms with van der Waals surface area (Å²) >= 11 is 0. The molecule has 0 saturated carbocycles. The molecular formula is C16H22O8S. The monoisotopic (exact) mass is 374 g/mol. The third-order valence-corrected chi connectivity index (χ3v) is 5.17. The molecule has 1 aromatic rings. The van der Waals surface area contributed by atoms with Gasteiger partial charge in [-0.05, 0) is 26.0 Å². The van der Waals surface area contributed by atoms with E-state index in [9.17, 15) is 18.3 Å². The van der Waals surface area contributed by atoms with Crippen molar-refractivity contribution in [1.82, 2.24) is 0 Å². The lowest BCUT2D eigenvalue weighted by atomic mass is 10.00. The third kappa shape index (κ3) is 4.56. The lowest BCUT2D eigenvalue weighted by Crippen LogP contribution is -2.59. The number of methoxy groups -OCH3 is 1. The number of carbonyl (C=O) groups excluding carboxylic acids is 1. The van der Waals surface area contributed by atoms with Crippen molar-refractivity contribution < 1.29 is 36.7 Å². The fourth-order valence-electron chi connectivity index (χ4n) is 2.51. The summed E-state index contributed by atoms with van der Waals surface area (Å²) in [5, 5.41) is 10.3. The molecule has 0 aromatic heterocycles. The number of benzene rings is 1. The fraction of sp³-hybridized carbons (Fsp3) is 0.562. The average molecular weight is 374 g/mol. The smallest absolute Gasteiger partial charge is 0.303 e. The van der Waals surface area contributed by atoms with E-state index in [0.29, 0.717) is 0 Å². The predicted molar refractivity (Wildman–Crippen MR) is 86.1 cm³/mol. The first-order valence-corrected chi connectivity index (χ1v) is 9.10. The highest BCUT2D eigenvalue weighted by atomic mass is 32.2. The molecule has 0 radical (unpaired) electrons. The maximum absolute atomic E-state index is 12.5. The van der Waals surface area contributed by atoms with Gasteiger partial charge in [-0.1, -0.05) is 17.7 Å². The van der Waals surface area contributed by atoms with Crippen LogP contribution < -0.4 is 0 Å². The predicted octanol–water partition coefficient (Wildman–Crippen LogP) is 0.753. The summed E-state index contributed by atoms with van der Waals surface area (Å²) in [6, 6.07) is 6.05. The molecule has 8 nitrogen and oxygen atoms in total. The summed E-state index contributed by atoms with van der Waals surface area (Å²) in [5.74, 6) is -0.682. The second kappa shape index (κ2) is 7.79. The Morgan fingerprint density at radius 1 is 1.20 bits per heavy atom. The molecule has 140 valence electrons. The molecule has 1 saturated heterocycles. The first-order valence-electron chi connectivity index (χ1n) is 7.69. The minimum absolute atomic E-state index is 0.0695. The highest BCUT2D eigenvalue weighted by molar-refractivity contribution is 7.86. The molecule has 5 atom stereocenters. The van der Waals surface area contributed by atoms with E-state index >= 15 is 0 Å². The Balaban J connectivity index is 2.33. The largest absolute Gasteiger partial charge is 0.454 e.